The van der Waals surface area contributed by atoms with E-state index < -0.39 is 23.8 Å². The van der Waals surface area contributed by atoms with E-state index in [-0.39, 0.29) is 33.4 Å². The molecule has 2 amide bonds. The van der Waals surface area contributed by atoms with Gasteiger partial charge in [-0.2, -0.15) is 0 Å². The van der Waals surface area contributed by atoms with Crippen molar-refractivity contribution in [1.29, 1.82) is 0 Å². The first-order valence-electron chi connectivity index (χ1n) is 15.2. The van der Waals surface area contributed by atoms with Crippen LogP contribution in [0.3, 0.4) is 0 Å². The third-order valence-corrected chi connectivity index (χ3v) is 8.14. The summed E-state index contributed by atoms with van der Waals surface area (Å²) in [5.74, 6) is -2.25. The van der Waals surface area contributed by atoms with Crippen molar-refractivity contribution >= 4 is 35.1 Å². The molecule has 0 heterocycles. The highest BCUT2D eigenvalue weighted by Gasteiger charge is 2.24. The number of amides is 2. The summed E-state index contributed by atoms with van der Waals surface area (Å²) in [5.41, 5.74) is 2.86. The van der Waals surface area contributed by atoms with Gasteiger partial charge in [-0.1, -0.05) is 49.7 Å². The molecule has 248 valence electrons. The summed E-state index contributed by atoms with van der Waals surface area (Å²) in [6.45, 7) is 5.96. The van der Waals surface area contributed by atoms with Crippen LogP contribution in [-0.2, 0) is 5.41 Å². The van der Waals surface area contributed by atoms with Gasteiger partial charge in [0.05, 0.1) is 29.4 Å². The zero-order valence-corrected chi connectivity index (χ0v) is 27.2. The molecule has 49 heavy (non-hydrogen) atoms. The number of nitrogens with one attached hydrogen (secondary N) is 2. The van der Waals surface area contributed by atoms with Crippen LogP contribution in [0.1, 0.15) is 72.0 Å². The zero-order valence-electron chi connectivity index (χ0n) is 27.2. The summed E-state index contributed by atoms with van der Waals surface area (Å²) in [7, 11) is 1.63. The van der Waals surface area contributed by atoms with Crippen molar-refractivity contribution in [2.45, 2.75) is 26.2 Å². The molecule has 0 aliphatic carbocycles. The van der Waals surface area contributed by atoms with E-state index in [0.717, 1.165) is 16.9 Å². The third-order valence-electron chi connectivity index (χ3n) is 8.14. The quantitative estimate of drug-likeness (QED) is 0.111. The molecule has 0 aliphatic heterocycles. The molecule has 0 radical (unpaired) electrons. The molecule has 0 saturated heterocycles. The Balaban J connectivity index is 1.25. The average molecular weight is 659 g/mol. The Bertz CT molecular complexity index is 2030. The molecule has 10 heteroatoms. The highest BCUT2D eigenvalue weighted by molar-refractivity contribution is 6.12. The largest absolute Gasteiger partial charge is 0.497 e. The Labute approximate surface area is 283 Å². The van der Waals surface area contributed by atoms with Crippen molar-refractivity contribution in [3.05, 3.63) is 148 Å². The van der Waals surface area contributed by atoms with E-state index >= 15 is 0 Å². The molecule has 10 nitrogen and oxygen atoms in total. The van der Waals surface area contributed by atoms with Crippen molar-refractivity contribution in [3.8, 4) is 17.2 Å². The van der Waals surface area contributed by atoms with E-state index in [0.29, 0.717) is 22.7 Å². The number of carbonyl (C=O) groups excluding carboxylic acids is 2. The van der Waals surface area contributed by atoms with Crippen LogP contribution >= 0.6 is 0 Å². The van der Waals surface area contributed by atoms with Crippen LogP contribution in [0.15, 0.2) is 109 Å². The summed E-state index contributed by atoms with van der Waals surface area (Å²) in [5, 5.41) is 24.7. The number of carboxylic acid groups (broad SMARTS) is 2. The maximum absolute atomic E-state index is 13.1. The lowest BCUT2D eigenvalue weighted by Gasteiger charge is -2.26. The third kappa shape index (κ3) is 7.77. The van der Waals surface area contributed by atoms with E-state index in [2.05, 4.69) is 24.5 Å². The summed E-state index contributed by atoms with van der Waals surface area (Å²) < 4.78 is 11.2. The second kappa shape index (κ2) is 14.1. The van der Waals surface area contributed by atoms with Gasteiger partial charge in [-0.05, 0) is 96.9 Å². The number of aromatic carboxylic acids is 2. The van der Waals surface area contributed by atoms with Crippen molar-refractivity contribution in [3.63, 3.8) is 0 Å². The minimum absolute atomic E-state index is 0.00907. The molecule has 0 bridgehead atoms. The summed E-state index contributed by atoms with van der Waals surface area (Å²) in [6.07, 6.45) is 0. The highest BCUT2D eigenvalue weighted by atomic mass is 16.5. The van der Waals surface area contributed by atoms with Crippen LogP contribution in [0.25, 0.3) is 0 Å². The van der Waals surface area contributed by atoms with E-state index in [1.165, 1.54) is 54.6 Å². The number of aryl methyl sites for hydroxylation is 1. The van der Waals surface area contributed by atoms with Crippen LogP contribution in [0, 0.1) is 6.92 Å². The number of methoxy groups -OCH3 is 1. The number of carboxylic acids is 2. The number of hydrogen-bond acceptors (Lipinski definition) is 6. The van der Waals surface area contributed by atoms with Crippen molar-refractivity contribution in [2.75, 3.05) is 17.7 Å². The predicted octanol–water partition coefficient (Wildman–Crippen LogP) is 8.02. The molecule has 0 fully saturated rings. The molecule has 5 rings (SSSR count). The predicted molar refractivity (Wildman–Crippen MR) is 186 cm³/mol. The smallest absolute Gasteiger partial charge is 0.336 e. The number of benzene rings is 5. The summed E-state index contributed by atoms with van der Waals surface area (Å²) >= 11 is 0. The van der Waals surface area contributed by atoms with Crippen molar-refractivity contribution in [2.24, 2.45) is 0 Å². The average Bonchev–Trinajstić information content (AvgIpc) is 3.09. The van der Waals surface area contributed by atoms with Gasteiger partial charge in [-0.25, -0.2) is 9.59 Å². The van der Waals surface area contributed by atoms with Crippen LogP contribution in [-0.4, -0.2) is 41.1 Å². The van der Waals surface area contributed by atoms with E-state index in [1.807, 2.05) is 36.4 Å². The lowest BCUT2D eigenvalue weighted by Crippen LogP contribution is -2.18. The van der Waals surface area contributed by atoms with Crippen LogP contribution in [0.4, 0.5) is 11.4 Å². The minimum atomic E-state index is -1.30. The van der Waals surface area contributed by atoms with Gasteiger partial charge in [-0.15, -0.1) is 0 Å². The Morgan fingerprint density at radius 3 is 1.45 bits per heavy atom. The monoisotopic (exact) mass is 658 g/mol. The van der Waals surface area contributed by atoms with Crippen LogP contribution < -0.4 is 20.1 Å². The molecular weight excluding hydrogens is 624 g/mol. The van der Waals surface area contributed by atoms with Crippen molar-refractivity contribution in [1.82, 2.24) is 0 Å². The fraction of sp³-hybridized carbons (Fsp3) is 0.128. The normalized spacial score (nSPS) is 10.9. The summed E-state index contributed by atoms with van der Waals surface area (Å²) in [6, 6.07) is 30.2. The Kier molecular flexibility index (Phi) is 9.79. The van der Waals surface area contributed by atoms with Crippen LogP contribution in [0.5, 0.6) is 17.2 Å². The summed E-state index contributed by atoms with van der Waals surface area (Å²) in [4.78, 5) is 49.6. The van der Waals surface area contributed by atoms with E-state index in [9.17, 15) is 29.4 Å². The van der Waals surface area contributed by atoms with Gasteiger partial charge in [0.15, 0.2) is 0 Å². The van der Waals surface area contributed by atoms with Gasteiger partial charge < -0.3 is 30.3 Å². The fourth-order valence-electron chi connectivity index (χ4n) is 5.28. The van der Waals surface area contributed by atoms with E-state index in [4.69, 9.17) is 9.47 Å². The van der Waals surface area contributed by atoms with Gasteiger partial charge in [-0.3, -0.25) is 9.59 Å². The fourth-order valence-corrected chi connectivity index (χ4v) is 5.28. The van der Waals surface area contributed by atoms with E-state index in [1.54, 1.807) is 32.2 Å². The number of carbonyl (C=O) groups is 4. The lowest BCUT2D eigenvalue weighted by atomic mass is 9.78. The van der Waals surface area contributed by atoms with Gasteiger partial charge in [0, 0.05) is 16.8 Å². The standard InChI is InChI=1S/C39H34N2O8/c1-23-5-19-31(33(21-23)37(44)45)35(42)40-26-10-12-27(13-11-26)41-36(43)32-20-18-30(22-34(32)38(46)47)49-29-16-8-25(9-17-29)39(2,3)24-6-14-28(48-4)15-7-24/h5-22H,1-4H3,(H,40,42)(H,41,43)(H,44,45)(H,46,47). The van der Waals surface area contributed by atoms with Gasteiger partial charge >= 0.3 is 11.9 Å². The first-order valence-corrected chi connectivity index (χ1v) is 15.2. The number of hydrogen-bond donors (Lipinski definition) is 4. The van der Waals surface area contributed by atoms with Crippen LogP contribution in [0.2, 0.25) is 0 Å². The Hall–Kier alpha value is -6.42. The first-order chi connectivity index (χ1) is 23.3. The second-order valence-corrected chi connectivity index (χ2v) is 11.8. The molecule has 0 atom stereocenters. The van der Waals surface area contributed by atoms with Crippen molar-refractivity contribution < 1.29 is 38.9 Å². The molecule has 0 spiro atoms. The first kappa shape index (κ1) is 33.9. The maximum Gasteiger partial charge on any atom is 0.336 e. The SMILES string of the molecule is COc1ccc(C(C)(C)c2ccc(Oc3ccc(C(=O)Nc4ccc(NC(=O)c5ccc(C)cc5C(=O)O)cc4)c(C(=O)O)c3)cc2)cc1. The number of anilines is 2. The molecule has 0 aromatic heterocycles. The second-order valence-electron chi connectivity index (χ2n) is 11.8. The topological polar surface area (TPSA) is 151 Å². The van der Waals surface area contributed by atoms with Gasteiger partial charge in [0.25, 0.3) is 11.8 Å². The maximum atomic E-state index is 13.1. The number of ether oxygens (including phenoxy) is 2. The molecule has 0 unspecified atom stereocenters. The Morgan fingerprint density at radius 1 is 0.551 bits per heavy atom. The van der Waals surface area contributed by atoms with Gasteiger partial charge in [0.1, 0.15) is 17.2 Å². The minimum Gasteiger partial charge on any atom is -0.497 e. The van der Waals surface area contributed by atoms with Gasteiger partial charge in [0.2, 0.25) is 0 Å². The number of rotatable bonds is 11. The molecule has 0 aliphatic rings. The Morgan fingerprint density at radius 2 is 0.980 bits per heavy atom. The molecule has 0 saturated carbocycles. The molecule has 4 N–H and O–H groups in total. The molecule has 5 aromatic carbocycles. The highest BCUT2D eigenvalue weighted by Crippen LogP contribution is 2.34. The molecular formula is C39H34N2O8. The lowest BCUT2D eigenvalue weighted by molar-refractivity contribution is 0.0683. The molecule has 5 aromatic rings. The zero-order chi connectivity index (χ0) is 35.3.